The zero-order valence-electron chi connectivity index (χ0n) is 10.1. The topological polar surface area (TPSA) is 29.5 Å². The Morgan fingerprint density at radius 2 is 1.84 bits per heavy atom. The second-order valence-corrected chi connectivity index (χ2v) is 4.04. The summed E-state index contributed by atoms with van der Waals surface area (Å²) in [5.41, 5.74) is 0.528. The van der Waals surface area contributed by atoms with Gasteiger partial charge in [0.2, 0.25) is 0 Å². The summed E-state index contributed by atoms with van der Waals surface area (Å²) in [7, 11) is 1.36. The van der Waals surface area contributed by atoms with Crippen LogP contribution in [0.25, 0.3) is 0 Å². The van der Waals surface area contributed by atoms with Crippen LogP contribution in [0.5, 0.6) is 5.75 Å². The van der Waals surface area contributed by atoms with E-state index in [0.29, 0.717) is 5.69 Å². The molecule has 0 bridgehead atoms. The number of ether oxygens (including phenoxy) is 1. The summed E-state index contributed by atoms with van der Waals surface area (Å²) < 4.78 is 19.1. The molecule has 98 valence electrons. The van der Waals surface area contributed by atoms with Crippen LogP contribution >= 0.6 is 11.6 Å². The third-order valence-electron chi connectivity index (χ3n) is 2.59. The number of amides is 1. The van der Waals surface area contributed by atoms with Gasteiger partial charge >= 0.3 is 5.37 Å². The summed E-state index contributed by atoms with van der Waals surface area (Å²) >= 11 is 5.56. The molecule has 1 amide bonds. The molecule has 2 aromatic carbocycles. The summed E-state index contributed by atoms with van der Waals surface area (Å²) in [6.07, 6.45) is 0. The molecule has 0 N–H and O–H groups in total. The maximum absolute atomic E-state index is 14.2. The molecule has 0 aliphatic rings. The van der Waals surface area contributed by atoms with E-state index in [1.54, 1.807) is 36.4 Å². The van der Waals surface area contributed by atoms with Gasteiger partial charge < -0.3 is 4.74 Å². The van der Waals surface area contributed by atoms with E-state index in [2.05, 4.69) is 0 Å². The monoisotopic (exact) mass is 279 g/mol. The fourth-order valence-corrected chi connectivity index (χ4v) is 1.93. The van der Waals surface area contributed by atoms with Gasteiger partial charge in [0.1, 0.15) is 0 Å². The first kappa shape index (κ1) is 13.4. The first-order chi connectivity index (χ1) is 9.15. The van der Waals surface area contributed by atoms with Crippen molar-refractivity contribution in [2.45, 2.75) is 0 Å². The zero-order chi connectivity index (χ0) is 13.8. The number of carbonyl (C=O) groups excluding carboxylic acids is 1. The van der Waals surface area contributed by atoms with E-state index >= 15 is 0 Å². The van der Waals surface area contributed by atoms with Crippen LogP contribution in [-0.4, -0.2) is 12.5 Å². The van der Waals surface area contributed by atoms with Crippen molar-refractivity contribution in [3.05, 3.63) is 54.3 Å². The minimum atomic E-state index is -0.793. The highest BCUT2D eigenvalue weighted by Crippen LogP contribution is 2.33. The van der Waals surface area contributed by atoms with Crippen molar-refractivity contribution in [1.29, 1.82) is 0 Å². The molecule has 0 saturated heterocycles. The average molecular weight is 280 g/mol. The molecule has 0 radical (unpaired) electrons. The van der Waals surface area contributed by atoms with Gasteiger partial charge in [0, 0.05) is 0 Å². The average Bonchev–Trinajstić information content (AvgIpc) is 2.42. The Kier molecular flexibility index (Phi) is 4.02. The molecule has 0 atom stereocenters. The highest BCUT2D eigenvalue weighted by Gasteiger charge is 2.21. The number of hydrogen-bond donors (Lipinski definition) is 0. The van der Waals surface area contributed by atoms with E-state index in [1.807, 2.05) is 0 Å². The van der Waals surface area contributed by atoms with Crippen LogP contribution in [0.3, 0.4) is 0 Å². The quantitative estimate of drug-likeness (QED) is 0.618. The normalized spacial score (nSPS) is 10.1. The maximum atomic E-state index is 14.2. The van der Waals surface area contributed by atoms with Crippen LogP contribution in [-0.2, 0) is 0 Å². The van der Waals surface area contributed by atoms with Gasteiger partial charge in [-0.15, -0.1) is 0 Å². The van der Waals surface area contributed by atoms with Crippen LogP contribution in [0.4, 0.5) is 20.6 Å². The fraction of sp³-hybridized carbons (Fsp3) is 0.0714. The lowest BCUT2D eigenvalue weighted by Gasteiger charge is -2.21. The molecule has 19 heavy (non-hydrogen) atoms. The molecule has 0 spiro atoms. The molecule has 0 fully saturated rings. The molecular formula is C14H11ClFNO2. The van der Waals surface area contributed by atoms with Gasteiger partial charge in [0.05, 0.1) is 18.5 Å². The Balaban J connectivity index is 2.55. The number of rotatable bonds is 3. The van der Waals surface area contributed by atoms with Crippen LogP contribution in [0.15, 0.2) is 48.5 Å². The maximum Gasteiger partial charge on any atom is 0.325 e. The van der Waals surface area contributed by atoms with E-state index in [-0.39, 0.29) is 11.4 Å². The first-order valence-electron chi connectivity index (χ1n) is 5.52. The SMILES string of the molecule is COc1cccc(N(C(=O)Cl)c2ccccc2)c1F. The summed E-state index contributed by atoms with van der Waals surface area (Å²) in [4.78, 5) is 12.7. The van der Waals surface area contributed by atoms with Crippen LogP contribution in [0, 0.1) is 5.82 Å². The van der Waals surface area contributed by atoms with Crippen molar-refractivity contribution in [3.63, 3.8) is 0 Å². The van der Waals surface area contributed by atoms with Gasteiger partial charge in [-0.2, -0.15) is 0 Å². The van der Waals surface area contributed by atoms with Crippen molar-refractivity contribution in [1.82, 2.24) is 0 Å². The predicted molar refractivity (Wildman–Crippen MR) is 72.8 cm³/mol. The molecule has 0 heterocycles. The number of hydrogen-bond acceptors (Lipinski definition) is 2. The zero-order valence-corrected chi connectivity index (χ0v) is 10.9. The Hall–Kier alpha value is -2.07. The highest BCUT2D eigenvalue weighted by molar-refractivity contribution is 6.66. The van der Waals surface area contributed by atoms with Crippen LogP contribution in [0.1, 0.15) is 0 Å². The largest absolute Gasteiger partial charge is 0.494 e. The number of nitrogens with zero attached hydrogens (tertiary/aromatic N) is 1. The standard InChI is InChI=1S/C14H11ClFNO2/c1-19-12-9-5-8-11(13(12)16)17(14(15)18)10-6-3-2-4-7-10/h2-9H,1H3. The Morgan fingerprint density at radius 3 is 2.42 bits per heavy atom. The molecular weight excluding hydrogens is 269 g/mol. The van der Waals surface area contributed by atoms with Gasteiger partial charge in [-0.3, -0.25) is 9.69 Å². The van der Waals surface area contributed by atoms with Gasteiger partial charge in [0.25, 0.3) is 0 Å². The van der Waals surface area contributed by atoms with E-state index in [4.69, 9.17) is 16.3 Å². The summed E-state index contributed by atoms with van der Waals surface area (Å²) in [6.45, 7) is 0. The fourth-order valence-electron chi connectivity index (χ4n) is 1.74. The van der Waals surface area contributed by atoms with Crippen LogP contribution in [0.2, 0.25) is 0 Å². The molecule has 0 aliphatic heterocycles. The van der Waals surface area contributed by atoms with Crippen molar-refractivity contribution < 1.29 is 13.9 Å². The van der Waals surface area contributed by atoms with Gasteiger partial charge in [-0.1, -0.05) is 24.3 Å². The first-order valence-corrected chi connectivity index (χ1v) is 5.90. The summed E-state index contributed by atoms with van der Waals surface area (Å²) in [5, 5.41) is -0.793. The van der Waals surface area contributed by atoms with Gasteiger partial charge in [0.15, 0.2) is 11.6 Å². The van der Waals surface area contributed by atoms with E-state index in [9.17, 15) is 9.18 Å². The lowest BCUT2D eigenvalue weighted by molar-refractivity contribution is 0.266. The Labute approximate surface area is 115 Å². The predicted octanol–water partition coefficient (Wildman–Crippen LogP) is 4.33. The molecule has 2 rings (SSSR count). The second kappa shape index (κ2) is 5.71. The van der Waals surface area contributed by atoms with Gasteiger partial charge in [-0.25, -0.2) is 4.39 Å². The lowest BCUT2D eigenvalue weighted by Crippen LogP contribution is -2.20. The minimum Gasteiger partial charge on any atom is -0.494 e. The minimum absolute atomic E-state index is 0.0468. The van der Waals surface area contributed by atoms with Crippen molar-refractivity contribution in [3.8, 4) is 5.75 Å². The van der Waals surface area contributed by atoms with Crippen molar-refractivity contribution in [2.24, 2.45) is 0 Å². The number of para-hydroxylation sites is 1. The number of halogens is 2. The molecule has 0 aromatic heterocycles. The number of methoxy groups -OCH3 is 1. The number of carbonyl (C=O) groups is 1. The second-order valence-electron chi connectivity index (χ2n) is 3.72. The number of anilines is 2. The van der Waals surface area contributed by atoms with Gasteiger partial charge in [-0.05, 0) is 35.9 Å². The molecule has 5 heteroatoms. The molecule has 0 unspecified atom stereocenters. The smallest absolute Gasteiger partial charge is 0.325 e. The third kappa shape index (κ3) is 2.69. The van der Waals surface area contributed by atoms with Crippen LogP contribution < -0.4 is 9.64 Å². The van der Waals surface area contributed by atoms with E-state index < -0.39 is 11.2 Å². The number of benzene rings is 2. The molecule has 0 saturated carbocycles. The Morgan fingerprint density at radius 1 is 1.16 bits per heavy atom. The highest BCUT2D eigenvalue weighted by atomic mass is 35.5. The Bertz CT molecular complexity index is 589. The molecule has 2 aromatic rings. The molecule has 3 nitrogen and oxygen atoms in total. The van der Waals surface area contributed by atoms with E-state index in [1.165, 1.54) is 19.2 Å². The van der Waals surface area contributed by atoms with Crippen molar-refractivity contribution in [2.75, 3.05) is 12.0 Å². The molecule has 0 aliphatic carbocycles. The third-order valence-corrected chi connectivity index (χ3v) is 2.76. The summed E-state index contributed by atoms with van der Waals surface area (Å²) in [5.74, 6) is -0.584. The van der Waals surface area contributed by atoms with E-state index in [0.717, 1.165) is 4.90 Å². The lowest BCUT2D eigenvalue weighted by atomic mass is 10.2. The summed E-state index contributed by atoms with van der Waals surface area (Å²) in [6, 6.07) is 13.1. The van der Waals surface area contributed by atoms with Crippen molar-refractivity contribution >= 4 is 28.3 Å².